The van der Waals surface area contributed by atoms with Gasteiger partial charge in [0.15, 0.2) is 0 Å². The smallest absolute Gasteiger partial charge is 0.266 e. The highest BCUT2D eigenvalue weighted by molar-refractivity contribution is 8.21. The molecule has 1 N–H and O–H groups in total. The Morgan fingerprint density at radius 3 is 2.93 bits per heavy atom. The summed E-state index contributed by atoms with van der Waals surface area (Å²) in [6, 6.07) is 0. The molecule has 6 heteroatoms. The van der Waals surface area contributed by atoms with Gasteiger partial charge in [0.05, 0.1) is 13.2 Å². The van der Waals surface area contributed by atoms with Crippen LogP contribution in [0.5, 0.6) is 0 Å². The van der Waals surface area contributed by atoms with Crippen molar-refractivity contribution < 1.29 is 14.4 Å². The Morgan fingerprint density at radius 1 is 1.47 bits per heavy atom. The molecule has 0 aromatic rings. The zero-order chi connectivity index (χ0) is 10.5. The molecule has 86 valence electrons. The number of hydroxylamine groups is 1. The molecule has 1 unspecified atom stereocenters. The van der Waals surface area contributed by atoms with Crippen LogP contribution >= 0.6 is 23.5 Å². The van der Waals surface area contributed by atoms with Crippen LogP contribution in [0.2, 0.25) is 0 Å². The Hall–Kier alpha value is 0.0900. The number of ether oxygens (including phenoxy) is 1. The summed E-state index contributed by atoms with van der Waals surface area (Å²) in [7, 11) is 0. The summed E-state index contributed by atoms with van der Waals surface area (Å²) < 4.78 is 5.23. The van der Waals surface area contributed by atoms with Gasteiger partial charge in [-0.1, -0.05) is 0 Å². The first kappa shape index (κ1) is 11.6. The van der Waals surface area contributed by atoms with E-state index in [1.807, 2.05) is 0 Å². The molecule has 2 aliphatic heterocycles. The summed E-state index contributed by atoms with van der Waals surface area (Å²) in [4.78, 5) is 16.7. The van der Waals surface area contributed by atoms with Crippen LogP contribution in [-0.4, -0.2) is 41.8 Å². The van der Waals surface area contributed by atoms with Crippen LogP contribution < -0.4 is 5.48 Å². The molecule has 2 heterocycles. The molecule has 15 heavy (non-hydrogen) atoms. The van der Waals surface area contributed by atoms with Crippen molar-refractivity contribution >= 4 is 29.4 Å². The van der Waals surface area contributed by atoms with Crippen LogP contribution in [0, 0.1) is 5.92 Å². The zero-order valence-corrected chi connectivity index (χ0v) is 10.1. The van der Waals surface area contributed by atoms with Gasteiger partial charge in [-0.05, 0) is 6.42 Å². The highest BCUT2D eigenvalue weighted by Gasteiger charge is 2.24. The number of amides is 1. The van der Waals surface area contributed by atoms with E-state index in [1.165, 1.54) is 0 Å². The van der Waals surface area contributed by atoms with E-state index in [-0.39, 0.29) is 10.5 Å². The second-order valence-corrected chi connectivity index (χ2v) is 6.30. The average molecular weight is 249 g/mol. The van der Waals surface area contributed by atoms with E-state index in [1.54, 1.807) is 23.5 Å². The SMILES string of the molecule is O=C(NOCC1CCOC1)C1SCCS1. The van der Waals surface area contributed by atoms with Gasteiger partial charge in [-0.2, -0.15) is 0 Å². The maximum atomic E-state index is 11.5. The lowest BCUT2D eigenvalue weighted by Crippen LogP contribution is -2.31. The number of hydrogen-bond acceptors (Lipinski definition) is 5. The predicted molar refractivity (Wildman–Crippen MR) is 61.7 cm³/mol. The molecule has 0 bridgehead atoms. The second-order valence-electron chi connectivity index (χ2n) is 3.58. The van der Waals surface area contributed by atoms with Gasteiger partial charge < -0.3 is 4.74 Å². The Balaban J connectivity index is 1.58. The average Bonchev–Trinajstić information content (AvgIpc) is 2.90. The maximum Gasteiger partial charge on any atom is 0.266 e. The molecule has 0 aromatic heterocycles. The van der Waals surface area contributed by atoms with Gasteiger partial charge in [0.25, 0.3) is 5.91 Å². The molecule has 4 nitrogen and oxygen atoms in total. The Labute approximate surface area is 97.8 Å². The van der Waals surface area contributed by atoms with Gasteiger partial charge >= 0.3 is 0 Å². The van der Waals surface area contributed by atoms with E-state index >= 15 is 0 Å². The van der Waals surface area contributed by atoms with Crippen LogP contribution in [-0.2, 0) is 14.4 Å². The van der Waals surface area contributed by atoms with E-state index < -0.39 is 0 Å². The van der Waals surface area contributed by atoms with Crippen molar-refractivity contribution in [2.24, 2.45) is 5.92 Å². The van der Waals surface area contributed by atoms with Crippen LogP contribution in [0.3, 0.4) is 0 Å². The number of nitrogens with one attached hydrogen (secondary N) is 1. The molecule has 2 aliphatic rings. The summed E-state index contributed by atoms with van der Waals surface area (Å²) in [5.41, 5.74) is 2.52. The molecule has 1 atom stereocenters. The van der Waals surface area contributed by atoms with Gasteiger partial charge in [-0.15, -0.1) is 23.5 Å². The summed E-state index contributed by atoms with van der Waals surface area (Å²) in [6.45, 7) is 2.13. The monoisotopic (exact) mass is 249 g/mol. The zero-order valence-electron chi connectivity index (χ0n) is 8.44. The summed E-state index contributed by atoms with van der Waals surface area (Å²) >= 11 is 3.36. The molecule has 2 saturated heterocycles. The summed E-state index contributed by atoms with van der Waals surface area (Å²) in [6.07, 6.45) is 1.03. The highest BCUT2D eigenvalue weighted by Crippen LogP contribution is 2.31. The lowest BCUT2D eigenvalue weighted by molar-refractivity contribution is -0.132. The molecule has 1 amide bonds. The fourth-order valence-electron chi connectivity index (χ4n) is 1.50. The Morgan fingerprint density at radius 2 is 2.27 bits per heavy atom. The summed E-state index contributed by atoms with van der Waals surface area (Å²) in [5, 5.41) is 0. The molecule has 0 aliphatic carbocycles. The lowest BCUT2D eigenvalue weighted by Gasteiger charge is -2.11. The van der Waals surface area contributed by atoms with Crippen LogP contribution in [0.15, 0.2) is 0 Å². The maximum absolute atomic E-state index is 11.5. The topological polar surface area (TPSA) is 47.6 Å². The minimum absolute atomic E-state index is 0.0126. The number of rotatable bonds is 4. The molecular formula is C9H15NO3S2. The van der Waals surface area contributed by atoms with Gasteiger partial charge in [0.2, 0.25) is 0 Å². The first-order valence-corrected chi connectivity index (χ1v) is 7.18. The molecule has 0 saturated carbocycles. The molecular weight excluding hydrogens is 234 g/mol. The molecule has 0 aromatic carbocycles. The van der Waals surface area contributed by atoms with Crippen molar-refractivity contribution in [3.05, 3.63) is 0 Å². The molecule has 2 rings (SSSR count). The van der Waals surface area contributed by atoms with Crippen molar-refractivity contribution in [2.75, 3.05) is 31.3 Å². The Bertz CT molecular complexity index is 215. The predicted octanol–water partition coefficient (Wildman–Crippen LogP) is 0.877. The van der Waals surface area contributed by atoms with E-state index in [0.717, 1.165) is 31.1 Å². The largest absolute Gasteiger partial charge is 0.381 e. The van der Waals surface area contributed by atoms with E-state index in [2.05, 4.69) is 5.48 Å². The lowest BCUT2D eigenvalue weighted by atomic mass is 10.1. The van der Waals surface area contributed by atoms with Crippen LogP contribution in [0.1, 0.15) is 6.42 Å². The third kappa shape index (κ3) is 3.55. The highest BCUT2D eigenvalue weighted by atomic mass is 32.2. The van der Waals surface area contributed by atoms with Crippen molar-refractivity contribution in [1.29, 1.82) is 0 Å². The quantitative estimate of drug-likeness (QED) is 0.749. The first-order valence-electron chi connectivity index (χ1n) is 5.09. The third-order valence-corrected chi connectivity index (χ3v) is 5.34. The molecule has 0 spiro atoms. The molecule has 0 radical (unpaired) electrons. The molecule has 2 fully saturated rings. The van der Waals surface area contributed by atoms with Gasteiger partial charge in [-0.25, -0.2) is 5.48 Å². The standard InChI is InChI=1S/C9H15NO3S2/c11-8(9-14-3-4-15-9)10-13-6-7-1-2-12-5-7/h7,9H,1-6H2,(H,10,11). The minimum atomic E-state index is -0.0126. The van der Waals surface area contributed by atoms with Crippen LogP contribution in [0.4, 0.5) is 0 Å². The fourth-order valence-corrected chi connectivity index (χ4v) is 4.06. The van der Waals surface area contributed by atoms with Crippen LogP contribution in [0.25, 0.3) is 0 Å². The number of carbonyl (C=O) groups excluding carboxylic acids is 1. The van der Waals surface area contributed by atoms with Crippen molar-refractivity contribution in [3.63, 3.8) is 0 Å². The van der Waals surface area contributed by atoms with E-state index in [9.17, 15) is 4.79 Å². The Kier molecular flexibility index (Phi) is 4.61. The number of thioether (sulfide) groups is 2. The summed E-state index contributed by atoms with van der Waals surface area (Å²) in [5.74, 6) is 2.54. The van der Waals surface area contributed by atoms with Crippen molar-refractivity contribution in [2.45, 2.75) is 11.0 Å². The third-order valence-electron chi connectivity index (χ3n) is 2.35. The van der Waals surface area contributed by atoms with Gasteiger partial charge in [-0.3, -0.25) is 9.63 Å². The van der Waals surface area contributed by atoms with E-state index in [0.29, 0.717) is 12.5 Å². The van der Waals surface area contributed by atoms with Crippen molar-refractivity contribution in [3.8, 4) is 0 Å². The van der Waals surface area contributed by atoms with E-state index in [4.69, 9.17) is 9.57 Å². The first-order chi connectivity index (χ1) is 7.36. The van der Waals surface area contributed by atoms with Crippen molar-refractivity contribution in [1.82, 2.24) is 5.48 Å². The number of carbonyl (C=O) groups is 1. The number of hydrogen-bond donors (Lipinski definition) is 1. The minimum Gasteiger partial charge on any atom is -0.381 e. The normalized spacial score (nSPS) is 27.1. The fraction of sp³-hybridized carbons (Fsp3) is 0.889. The van der Waals surface area contributed by atoms with Gasteiger partial charge in [0, 0.05) is 24.0 Å². The second kappa shape index (κ2) is 5.98. The van der Waals surface area contributed by atoms with Gasteiger partial charge in [0.1, 0.15) is 4.58 Å².